The molecule has 1 aromatic carbocycles. The van der Waals surface area contributed by atoms with Gasteiger partial charge in [0.2, 0.25) is 5.91 Å². The molecule has 4 nitrogen and oxygen atoms in total. The summed E-state index contributed by atoms with van der Waals surface area (Å²) in [6, 6.07) is 7.44. The van der Waals surface area contributed by atoms with Gasteiger partial charge in [0.25, 0.3) is 5.91 Å². The van der Waals surface area contributed by atoms with Gasteiger partial charge >= 0.3 is 0 Å². The summed E-state index contributed by atoms with van der Waals surface area (Å²) in [5, 5.41) is 2.79. The minimum Gasteiger partial charge on any atom is -0.352 e. The summed E-state index contributed by atoms with van der Waals surface area (Å²) in [6.07, 6.45) is 2.58. The SMILES string of the molecule is Cc1cccc(C(=O)NCCC(=O)N2CCCC2)c1. The van der Waals surface area contributed by atoms with Gasteiger partial charge in [-0.2, -0.15) is 0 Å². The fourth-order valence-electron chi connectivity index (χ4n) is 2.30. The van der Waals surface area contributed by atoms with Gasteiger partial charge < -0.3 is 10.2 Å². The molecule has 0 unspecified atom stereocenters. The van der Waals surface area contributed by atoms with Crippen molar-refractivity contribution in [1.29, 1.82) is 0 Å². The van der Waals surface area contributed by atoms with Crippen molar-refractivity contribution < 1.29 is 9.59 Å². The van der Waals surface area contributed by atoms with E-state index in [2.05, 4.69) is 5.32 Å². The third kappa shape index (κ3) is 3.81. The van der Waals surface area contributed by atoms with Crippen molar-refractivity contribution in [3.05, 3.63) is 35.4 Å². The van der Waals surface area contributed by atoms with Gasteiger partial charge in [-0.25, -0.2) is 0 Å². The van der Waals surface area contributed by atoms with E-state index < -0.39 is 0 Å². The molecule has 0 aliphatic carbocycles. The van der Waals surface area contributed by atoms with Gasteiger partial charge in [0, 0.05) is 31.6 Å². The van der Waals surface area contributed by atoms with E-state index in [0.717, 1.165) is 31.5 Å². The maximum atomic E-state index is 11.9. The van der Waals surface area contributed by atoms with Crippen molar-refractivity contribution >= 4 is 11.8 Å². The summed E-state index contributed by atoms with van der Waals surface area (Å²) in [7, 11) is 0. The molecule has 2 amide bonds. The van der Waals surface area contributed by atoms with E-state index in [1.165, 1.54) is 0 Å². The summed E-state index contributed by atoms with van der Waals surface area (Å²) >= 11 is 0. The molecular formula is C15H20N2O2. The van der Waals surface area contributed by atoms with Gasteiger partial charge in [0.15, 0.2) is 0 Å². The van der Waals surface area contributed by atoms with E-state index in [1.807, 2.05) is 30.0 Å². The Balaban J connectivity index is 1.76. The summed E-state index contributed by atoms with van der Waals surface area (Å²) in [6.45, 7) is 4.09. The van der Waals surface area contributed by atoms with E-state index >= 15 is 0 Å². The fraction of sp³-hybridized carbons (Fsp3) is 0.467. The number of rotatable bonds is 4. The van der Waals surface area contributed by atoms with Crippen LogP contribution in [-0.4, -0.2) is 36.3 Å². The molecule has 1 fully saturated rings. The van der Waals surface area contributed by atoms with Crippen molar-refractivity contribution in [2.75, 3.05) is 19.6 Å². The highest BCUT2D eigenvalue weighted by Gasteiger charge is 2.17. The lowest BCUT2D eigenvalue weighted by Crippen LogP contribution is -2.32. The Hall–Kier alpha value is -1.84. The Labute approximate surface area is 113 Å². The second-order valence-electron chi connectivity index (χ2n) is 4.96. The zero-order valence-electron chi connectivity index (χ0n) is 11.3. The van der Waals surface area contributed by atoms with Gasteiger partial charge in [0.1, 0.15) is 0 Å². The van der Waals surface area contributed by atoms with Crippen LogP contribution in [0.15, 0.2) is 24.3 Å². The number of amides is 2. The topological polar surface area (TPSA) is 49.4 Å². The van der Waals surface area contributed by atoms with Crippen molar-refractivity contribution in [3.8, 4) is 0 Å². The summed E-state index contributed by atoms with van der Waals surface area (Å²) in [4.78, 5) is 25.5. The summed E-state index contributed by atoms with van der Waals surface area (Å²) < 4.78 is 0. The molecule has 2 rings (SSSR count). The Morgan fingerprint density at radius 2 is 2.00 bits per heavy atom. The molecule has 0 aromatic heterocycles. The minimum atomic E-state index is -0.113. The predicted molar refractivity (Wildman–Crippen MR) is 73.9 cm³/mol. The van der Waals surface area contributed by atoms with Crippen LogP contribution in [0.1, 0.15) is 35.2 Å². The van der Waals surface area contributed by atoms with E-state index in [0.29, 0.717) is 18.5 Å². The highest BCUT2D eigenvalue weighted by Crippen LogP contribution is 2.08. The molecule has 0 bridgehead atoms. The average molecular weight is 260 g/mol. The lowest BCUT2D eigenvalue weighted by Gasteiger charge is -2.15. The highest BCUT2D eigenvalue weighted by molar-refractivity contribution is 5.94. The first-order valence-electron chi connectivity index (χ1n) is 6.79. The lowest BCUT2D eigenvalue weighted by atomic mass is 10.1. The van der Waals surface area contributed by atoms with Gasteiger partial charge in [-0.3, -0.25) is 9.59 Å². The Morgan fingerprint density at radius 3 is 2.68 bits per heavy atom. The second kappa shape index (κ2) is 6.36. The molecule has 0 radical (unpaired) electrons. The number of likely N-dealkylation sites (tertiary alicyclic amines) is 1. The monoisotopic (exact) mass is 260 g/mol. The molecule has 1 heterocycles. The third-order valence-corrected chi connectivity index (χ3v) is 3.36. The fourth-order valence-corrected chi connectivity index (χ4v) is 2.30. The molecule has 0 saturated carbocycles. The molecule has 19 heavy (non-hydrogen) atoms. The van der Waals surface area contributed by atoms with E-state index in [9.17, 15) is 9.59 Å². The van der Waals surface area contributed by atoms with Gasteiger partial charge in [-0.05, 0) is 31.9 Å². The van der Waals surface area contributed by atoms with Crippen molar-refractivity contribution in [2.24, 2.45) is 0 Å². The van der Waals surface area contributed by atoms with Crippen LogP contribution >= 0.6 is 0 Å². The molecule has 1 aromatic rings. The number of hydrogen-bond donors (Lipinski definition) is 1. The smallest absolute Gasteiger partial charge is 0.251 e. The van der Waals surface area contributed by atoms with Crippen LogP contribution in [0, 0.1) is 6.92 Å². The molecule has 1 aliphatic heterocycles. The first-order chi connectivity index (χ1) is 9.16. The quantitative estimate of drug-likeness (QED) is 0.896. The first-order valence-corrected chi connectivity index (χ1v) is 6.79. The van der Waals surface area contributed by atoms with Crippen LogP contribution in [-0.2, 0) is 4.79 Å². The van der Waals surface area contributed by atoms with Crippen LogP contribution in [0.2, 0.25) is 0 Å². The number of carbonyl (C=O) groups excluding carboxylic acids is 2. The standard InChI is InChI=1S/C15H20N2O2/c1-12-5-4-6-13(11-12)15(19)16-8-7-14(18)17-9-2-3-10-17/h4-6,11H,2-3,7-10H2,1H3,(H,16,19). The van der Waals surface area contributed by atoms with E-state index in [1.54, 1.807) is 6.07 Å². The molecule has 1 saturated heterocycles. The first kappa shape index (κ1) is 13.6. The molecule has 0 spiro atoms. The highest BCUT2D eigenvalue weighted by atomic mass is 16.2. The van der Waals surface area contributed by atoms with Crippen molar-refractivity contribution in [2.45, 2.75) is 26.2 Å². The van der Waals surface area contributed by atoms with Crippen LogP contribution in [0.25, 0.3) is 0 Å². The van der Waals surface area contributed by atoms with Gasteiger partial charge in [0.05, 0.1) is 0 Å². The molecular weight excluding hydrogens is 240 g/mol. The van der Waals surface area contributed by atoms with Gasteiger partial charge in [-0.15, -0.1) is 0 Å². The number of hydrogen-bond acceptors (Lipinski definition) is 2. The molecule has 102 valence electrons. The molecule has 4 heteroatoms. The van der Waals surface area contributed by atoms with Crippen LogP contribution in [0.4, 0.5) is 0 Å². The van der Waals surface area contributed by atoms with Crippen LogP contribution in [0.5, 0.6) is 0 Å². The molecule has 1 aliphatic rings. The molecule has 0 atom stereocenters. The predicted octanol–water partition coefficient (Wildman–Crippen LogP) is 1.74. The Kier molecular flexibility index (Phi) is 4.55. The third-order valence-electron chi connectivity index (χ3n) is 3.36. The van der Waals surface area contributed by atoms with E-state index in [-0.39, 0.29) is 11.8 Å². The average Bonchev–Trinajstić information content (AvgIpc) is 2.92. The zero-order chi connectivity index (χ0) is 13.7. The largest absolute Gasteiger partial charge is 0.352 e. The molecule has 1 N–H and O–H groups in total. The number of nitrogens with one attached hydrogen (secondary N) is 1. The summed E-state index contributed by atoms with van der Waals surface area (Å²) in [5.41, 5.74) is 1.70. The number of aryl methyl sites for hydroxylation is 1. The van der Waals surface area contributed by atoms with Crippen molar-refractivity contribution in [1.82, 2.24) is 10.2 Å². The van der Waals surface area contributed by atoms with Crippen molar-refractivity contribution in [3.63, 3.8) is 0 Å². The maximum absolute atomic E-state index is 11.9. The van der Waals surface area contributed by atoms with E-state index in [4.69, 9.17) is 0 Å². The Bertz CT molecular complexity index is 465. The van der Waals surface area contributed by atoms with Gasteiger partial charge in [-0.1, -0.05) is 17.7 Å². The number of carbonyl (C=O) groups is 2. The van der Waals surface area contributed by atoms with Crippen LogP contribution < -0.4 is 5.32 Å². The Morgan fingerprint density at radius 1 is 1.26 bits per heavy atom. The minimum absolute atomic E-state index is 0.113. The normalized spacial score (nSPS) is 14.5. The lowest BCUT2D eigenvalue weighted by molar-refractivity contribution is -0.129. The zero-order valence-corrected chi connectivity index (χ0v) is 11.3. The number of benzene rings is 1. The summed E-state index contributed by atoms with van der Waals surface area (Å²) in [5.74, 6) is 0.0277. The second-order valence-corrected chi connectivity index (χ2v) is 4.96. The van der Waals surface area contributed by atoms with Crippen LogP contribution in [0.3, 0.4) is 0 Å². The maximum Gasteiger partial charge on any atom is 0.251 e. The number of nitrogens with zero attached hydrogens (tertiary/aromatic N) is 1.